The lowest BCUT2D eigenvalue weighted by Gasteiger charge is -2.12. The summed E-state index contributed by atoms with van der Waals surface area (Å²) in [7, 11) is 1.35. The Labute approximate surface area is 143 Å². The minimum absolute atomic E-state index is 0.0874. The molecule has 1 N–H and O–H groups in total. The lowest BCUT2D eigenvalue weighted by atomic mass is 10.2. The molecule has 0 aliphatic carbocycles. The third kappa shape index (κ3) is 4.85. The number of anilines is 1. The van der Waals surface area contributed by atoms with E-state index in [1.807, 2.05) is 0 Å². The molecule has 134 valence electrons. The van der Waals surface area contributed by atoms with Crippen LogP contribution < -0.4 is 10.1 Å². The zero-order valence-electron chi connectivity index (χ0n) is 14.2. The molecule has 1 heterocycles. The molecule has 5 nitrogen and oxygen atoms in total. The van der Waals surface area contributed by atoms with Gasteiger partial charge in [-0.05, 0) is 38.5 Å². The van der Waals surface area contributed by atoms with E-state index in [0.717, 1.165) is 21.9 Å². The molecule has 0 bridgehead atoms. The fourth-order valence-corrected chi connectivity index (χ4v) is 2.05. The standard InChI is InChI=1S/C17H18F3N3O2/c1-10(2)7-15(24)21-12-6-5-11(3)8-13(12)25-16-9-14(17(18,19)20)22-23(16)4/h5-9H,1-4H3,(H,21,24). The molecule has 0 saturated carbocycles. The summed E-state index contributed by atoms with van der Waals surface area (Å²) in [5, 5.41) is 6.05. The molecule has 0 spiro atoms. The first-order chi connectivity index (χ1) is 11.6. The fraction of sp³-hybridized carbons (Fsp3) is 0.294. The van der Waals surface area contributed by atoms with Crippen LogP contribution in [0.2, 0.25) is 0 Å². The van der Waals surface area contributed by atoms with Gasteiger partial charge in [0.15, 0.2) is 11.4 Å². The Morgan fingerprint density at radius 3 is 2.52 bits per heavy atom. The highest BCUT2D eigenvalue weighted by atomic mass is 19.4. The number of nitrogens with zero attached hydrogens (tertiary/aromatic N) is 2. The molecule has 0 aliphatic rings. The van der Waals surface area contributed by atoms with E-state index in [-0.39, 0.29) is 17.5 Å². The highest BCUT2D eigenvalue weighted by Crippen LogP contribution is 2.34. The molecule has 25 heavy (non-hydrogen) atoms. The number of rotatable bonds is 4. The first kappa shape index (κ1) is 18.6. The molecule has 0 radical (unpaired) electrons. The number of carbonyl (C=O) groups is 1. The van der Waals surface area contributed by atoms with Crippen molar-refractivity contribution in [1.82, 2.24) is 9.78 Å². The maximum atomic E-state index is 12.8. The van der Waals surface area contributed by atoms with E-state index < -0.39 is 11.9 Å². The molecule has 0 atom stereocenters. The average Bonchev–Trinajstić information content (AvgIpc) is 2.82. The summed E-state index contributed by atoms with van der Waals surface area (Å²) in [6, 6.07) is 5.82. The Bertz CT molecular complexity index is 819. The minimum atomic E-state index is -4.56. The zero-order chi connectivity index (χ0) is 18.8. The summed E-state index contributed by atoms with van der Waals surface area (Å²) in [5.41, 5.74) is 0.942. The number of nitrogens with one attached hydrogen (secondary N) is 1. The highest BCUT2D eigenvalue weighted by molar-refractivity contribution is 6.00. The molecular weight excluding hydrogens is 335 g/mol. The van der Waals surface area contributed by atoms with Gasteiger partial charge in [0, 0.05) is 19.2 Å². The maximum absolute atomic E-state index is 12.8. The topological polar surface area (TPSA) is 56.1 Å². The van der Waals surface area contributed by atoms with Gasteiger partial charge in [-0.15, -0.1) is 0 Å². The number of halogens is 3. The Morgan fingerprint density at radius 2 is 1.96 bits per heavy atom. The van der Waals surface area contributed by atoms with E-state index in [4.69, 9.17) is 4.74 Å². The predicted molar refractivity (Wildman–Crippen MR) is 87.5 cm³/mol. The Balaban J connectivity index is 2.33. The summed E-state index contributed by atoms with van der Waals surface area (Å²) in [6.07, 6.45) is -3.15. The number of ether oxygens (including phenoxy) is 1. The lowest BCUT2D eigenvalue weighted by molar-refractivity contribution is -0.141. The predicted octanol–water partition coefficient (Wildman–Crippen LogP) is 4.44. The summed E-state index contributed by atoms with van der Waals surface area (Å²) in [6.45, 7) is 5.36. The Kier molecular flexibility index (Phi) is 5.20. The number of benzene rings is 1. The van der Waals surface area contributed by atoms with Crippen molar-refractivity contribution >= 4 is 11.6 Å². The third-order valence-corrected chi connectivity index (χ3v) is 3.16. The second-order valence-electron chi connectivity index (χ2n) is 5.80. The van der Waals surface area contributed by atoms with Crippen LogP contribution in [0.5, 0.6) is 11.6 Å². The van der Waals surface area contributed by atoms with Gasteiger partial charge in [0.25, 0.3) is 0 Å². The van der Waals surface area contributed by atoms with E-state index in [1.54, 1.807) is 39.0 Å². The lowest BCUT2D eigenvalue weighted by Crippen LogP contribution is -2.09. The van der Waals surface area contributed by atoms with E-state index >= 15 is 0 Å². The molecule has 1 aromatic carbocycles. The third-order valence-electron chi connectivity index (χ3n) is 3.16. The first-order valence-corrected chi connectivity index (χ1v) is 7.42. The van der Waals surface area contributed by atoms with Gasteiger partial charge < -0.3 is 10.1 Å². The van der Waals surface area contributed by atoms with Crippen LogP contribution in [0.1, 0.15) is 25.1 Å². The van der Waals surface area contributed by atoms with Crippen LogP contribution in [-0.2, 0) is 18.0 Å². The molecule has 2 rings (SSSR count). The van der Waals surface area contributed by atoms with Crippen molar-refractivity contribution in [3.05, 3.63) is 47.2 Å². The molecule has 2 aromatic rings. The van der Waals surface area contributed by atoms with Crippen LogP contribution >= 0.6 is 0 Å². The van der Waals surface area contributed by atoms with E-state index in [9.17, 15) is 18.0 Å². The number of alkyl halides is 3. The molecule has 0 aliphatic heterocycles. The van der Waals surface area contributed by atoms with Gasteiger partial charge in [-0.25, -0.2) is 4.68 Å². The van der Waals surface area contributed by atoms with E-state index in [0.29, 0.717) is 5.69 Å². The second-order valence-corrected chi connectivity index (χ2v) is 5.80. The summed E-state index contributed by atoms with van der Waals surface area (Å²) in [5.74, 6) is -0.211. The van der Waals surface area contributed by atoms with Gasteiger partial charge >= 0.3 is 6.18 Å². The van der Waals surface area contributed by atoms with Crippen molar-refractivity contribution in [2.45, 2.75) is 26.9 Å². The molecule has 8 heteroatoms. The van der Waals surface area contributed by atoms with Crippen LogP contribution in [0.25, 0.3) is 0 Å². The normalized spacial score (nSPS) is 11.2. The van der Waals surface area contributed by atoms with Crippen molar-refractivity contribution in [2.24, 2.45) is 7.05 Å². The number of hydrogen-bond acceptors (Lipinski definition) is 3. The van der Waals surface area contributed by atoms with Crippen molar-refractivity contribution in [3.63, 3.8) is 0 Å². The first-order valence-electron chi connectivity index (χ1n) is 7.42. The van der Waals surface area contributed by atoms with Gasteiger partial charge in [0.05, 0.1) is 5.69 Å². The highest BCUT2D eigenvalue weighted by Gasteiger charge is 2.35. The number of aromatic nitrogens is 2. The molecular formula is C17H18F3N3O2. The largest absolute Gasteiger partial charge is 0.437 e. The molecule has 0 fully saturated rings. The number of aryl methyl sites for hydroxylation is 2. The second kappa shape index (κ2) is 7.00. The van der Waals surface area contributed by atoms with Gasteiger partial charge in [-0.2, -0.15) is 18.3 Å². The van der Waals surface area contributed by atoms with Crippen LogP contribution in [0.15, 0.2) is 35.9 Å². The molecule has 1 amide bonds. The fourth-order valence-electron chi connectivity index (χ4n) is 2.05. The average molecular weight is 353 g/mol. The van der Waals surface area contributed by atoms with E-state index in [2.05, 4.69) is 10.4 Å². The smallest absolute Gasteiger partial charge is 0.435 e. The number of amides is 1. The van der Waals surface area contributed by atoms with E-state index in [1.165, 1.54) is 13.1 Å². The molecule has 0 saturated heterocycles. The monoisotopic (exact) mass is 353 g/mol. The van der Waals surface area contributed by atoms with Crippen molar-refractivity contribution in [2.75, 3.05) is 5.32 Å². The van der Waals surface area contributed by atoms with Crippen LogP contribution in [0.4, 0.5) is 18.9 Å². The van der Waals surface area contributed by atoms with Crippen LogP contribution in [0, 0.1) is 6.92 Å². The Morgan fingerprint density at radius 1 is 1.28 bits per heavy atom. The Hall–Kier alpha value is -2.77. The number of carbonyl (C=O) groups excluding carboxylic acids is 1. The molecule has 0 unspecified atom stereocenters. The number of allylic oxidation sites excluding steroid dienone is 1. The number of hydrogen-bond donors (Lipinski definition) is 1. The van der Waals surface area contributed by atoms with Crippen LogP contribution in [-0.4, -0.2) is 15.7 Å². The summed E-state index contributed by atoms with van der Waals surface area (Å²) in [4.78, 5) is 11.9. The quantitative estimate of drug-likeness (QED) is 0.827. The van der Waals surface area contributed by atoms with Gasteiger partial charge in [0.2, 0.25) is 11.8 Å². The van der Waals surface area contributed by atoms with Crippen molar-refractivity contribution in [3.8, 4) is 11.6 Å². The summed E-state index contributed by atoms with van der Waals surface area (Å²) >= 11 is 0. The SMILES string of the molecule is CC(C)=CC(=O)Nc1ccc(C)cc1Oc1cc(C(F)(F)F)nn1C. The maximum Gasteiger partial charge on any atom is 0.435 e. The summed E-state index contributed by atoms with van der Waals surface area (Å²) < 4.78 is 44.8. The van der Waals surface area contributed by atoms with Gasteiger partial charge in [0.1, 0.15) is 0 Å². The van der Waals surface area contributed by atoms with Crippen LogP contribution in [0.3, 0.4) is 0 Å². The van der Waals surface area contributed by atoms with Gasteiger partial charge in [-0.3, -0.25) is 4.79 Å². The zero-order valence-corrected chi connectivity index (χ0v) is 14.2. The van der Waals surface area contributed by atoms with Crippen molar-refractivity contribution < 1.29 is 22.7 Å². The molecule has 1 aromatic heterocycles. The van der Waals surface area contributed by atoms with Gasteiger partial charge in [-0.1, -0.05) is 11.6 Å². The minimum Gasteiger partial charge on any atom is -0.437 e. The van der Waals surface area contributed by atoms with Crippen molar-refractivity contribution in [1.29, 1.82) is 0 Å².